The van der Waals surface area contributed by atoms with Crippen LogP contribution in [0.3, 0.4) is 0 Å². The van der Waals surface area contributed by atoms with E-state index in [9.17, 15) is 5.11 Å². The van der Waals surface area contributed by atoms with Crippen molar-refractivity contribution in [1.29, 1.82) is 0 Å². The van der Waals surface area contributed by atoms with E-state index in [0.717, 1.165) is 0 Å². The first-order valence-electron chi connectivity index (χ1n) is 9.76. The van der Waals surface area contributed by atoms with Crippen molar-refractivity contribution in [2.75, 3.05) is 19.6 Å². The molecule has 1 N–H and O–H groups in total. The van der Waals surface area contributed by atoms with E-state index in [2.05, 4.69) is 58.9 Å². The number of hydrogen-bond donors (Lipinski definition) is 1. The molecule has 0 fully saturated rings. The van der Waals surface area contributed by atoms with Crippen molar-refractivity contribution >= 4 is 50.9 Å². The van der Waals surface area contributed by atoms with Gasteiger partial charge in [0.2, 0.25) is 0 Å². The second-order valence-corrected chi connectivity index (χ2v) is 34.3. The third-order valence-electron chi connectivity index (χ3n) is 3.16. The van der Waals surface area contributed by atoms with Gasteiger partial charge in [0, 0.05) is 7.11 Å². The van der Waals surface area contributed by atoms with E-state index in [1.165, 1.54) is 0 Å². The van der Waals surface area contributed by atoms with E-state index in [1.54, 1.807) is 7.11 Å². The molecule has 0 heterocycles. The lowest BCUT2D eigenvalue weighted by atomic mass is 11.7. The Bertz CT molecular complexity index is 440. The summed E-state index contributed by atoms with van der Waals surface area (Å²) in [5.41, 5.74) is 0. The second kappa shape index (κ2) is 10.1. The second-order valence-electron chi connectivity index (χ2n) is 10.6. The fraction of sp³-hybridized carbons (Fsp3) is 1.00. The fourth-order valence-electron chi connectivity index (χ4n) is 2.50. The Hall–Kier alpha value is 1.02. The highest BCUT2D eigenvalue weighted by atomic mass is 28.5. The maximum atomic E-state index is 9.66. The van der Waals surface area contributed by atoms with Gasteiger partial charge < -0.3 is 30.4 Å². The van der Waals surface area contributed by atoms with Crippen LogP contribution in [0.15, 0.2) is 0 Å². The van der Waals surface area contributed by atoms with Crippen LogP contribution in [0.4, 0.5) is 0 Å². The average molecular weight is 505 g/mol. The predicted molar refractivity (Wildman–Crippen MR) is 129 cm³/mol. The van der Waals surface area contributed by atoms with E-state index in [0.29, 0.717) is 0 Å². The van der Waals surface area contributed by atoms with Crippen molar-refractivity contribution in [2.45, 2.75) is 78.6 Å². The molecule has 0 aliphatic carbocycles. The number of aliphatic hydroxyl groups is 1. The van der Waals surface area contributed by atoms with E-state index in [4.69, 9.17) is 25.3 Å². The molecule has 7 nitrogen and oxygen atoms in total. The minimum atomic E-state index is -3.08. The third kappa shape index (κ3) is 12.7. The van der Waals surface area contributed by atoms with Gasteiger partial charge in [0.05, 0.1) is 6.23 Å². The third-order valence-corrected chi connectivity index (χ3v) is 21.0. The summed E-state index contributed by atoms with van der Waals surface area (Å²) in [6, 6.07) is 0. The molecule has 0 aliphatic heterocycles. The normalized spacial score (nSPS) is 16.9. The maximum Gasteiger partial charge on any atom is 0.495 e. The number of rotatable bonds is 13. The lowest BCUT2D eigenvalue weighted by Gasteiger charge is -2.44. The zero-order valence-corrected chi connectivity index (χ0v) is 26.3. The first-order chi connectivity index (χ1) is 12.2. The Kier molecular flexibility index (Phi) is 10.5. The van der Waals surface area contributed by atoms with Gasteiger partial charge in [-0.3, -0.25) is 0 Å². The van der Waals surface area contributed by atoms with Crippen molar-refractivity contribution in [1.82, 2.24) is 0 Å². The maximum absolute atomic E-state index is 9.66. The topological polar surface area (TPSA) is 75.6 Å². The highest BCUT2D eigenvalue weighted by Crippen LogP contribution is 2.27. The van der Waals surface area contributed by atoms with Crippen LogP contribution in [0, 0.1) is 0 Å². The highest BCUT2D eigenvalue weighted by molar-refractivity contribution is 6.90. The SMILES string of the molecule is CO[Si](C)(CO)O[Si](C)(C)OC[Si](O[Si](C)(C)C)(O[Si](C)(C)C)O[Si](C)(C)C. The minimum Gasteiger partial charge on any atom is -0.416 e. The van der Waals surface area contributed by atoms with E-state index >= 15 is 0 Å². The molecule has 0 aromatic rings. The summed E-state index contributed by atoms with van der Waals surface area (Å²) < 4.78 is 37.9. The van der Waals surface area contributed by atoms with Gasteiger partial charge in [0.1, 0.15) is 6.23 Å². The molecular weight excluding hydrogens is 461 g/mol. The van der Waals surface area contributed by atoms with Gasteiger partial charge >= 0.3 is 25.9 Å². The lowest BCUT2D eigenvalue weighted by Crippen LogP contribution is -2.65. The van der Waals surface area contributed by atoms with Crippen LogP contribution in [0.2, 0.25) is 78.6 Å². The molecule has 0 aromatic heterocycles. The zero-order chi connectivity index (χ0) is 22.7. The molecule has 0 radical (unpaired) electrons. The number of aliphatic hydroxyl groups excluding tert-OH is 1. The van der Waals surface area contributed by atoms with Crippen LogP contribution in [-0.2, 0) is 25.3 Å². The minimum absolute atomic E-state index is 0.117. The standard InChI is InChI=1S/C15H44O7Si6/c1-17-27(13,14-16)22-26(11,12)18-15-28(19-23(2,3)4,20-24(5,6)7)21-25(8,9)10/h16H,14-15H2,1-13H3. The molecule has 1 atom stereocenters. The predicted octanol–water partition coefficient (Wildman–Crippen LogP) is 4.00. The molecule has 0 aliphatic rings. The summed E-state index contributed by atoms with van der Waals surface area (Å²) in [6.07, 6.45) is 0.152. The molecule has 0 saturated heterocycles. The van der Waals surface area contributed by atoms with Crippen LogP contribution in [0.5, 0.6) is 0 Å². The molecular formula is C15H44O7Si6. The summed E-state index contributed by atoms with van der Waals surface area (Å²) in [7, 11) is -12.6. The van der Waals surface area contributed by atoms with Gasteiger partial charge in [-0.1, -0.05) is 0 Å². The molecule has 0 aromatic carbocycles. The molecule has 0 saturated carbocycles. The van der Waals surface area contributed by atoms with Gasteiger partial charge in [-0.2, -0.15) is 0 Å². The van der Waals surface area contributed by atoms with Crippen molar-refractivity contribution < 1.29 is 30.4 Å². The first-order valence-corrected chi connectivity index (χ1v) is 27.3. The molecule has 0 spiro atoms. The molecule has 28 heavy (non-hydrogen) atoms. The lowest BCUT2D eigenvalue weighted by molar-refractivity contribution is 0.167. The number of hydrogen-bond acceptors (Lipinski definition) is 7. The molecule has 0 rings (SSSR count). The van der Waals surface area contributed by atoms with Crippen molar-refractivity contribution in [3.05, 3.63) is 0 Å². The van der Waals surface area contributed by atoms with Crippen LogP contribution >= 0.6 is 0 Å². The van der Waals surface area contributed by atoms with E-state index in [-0.39, 0.29) is 12.5 Å². The fourth-order valence-corrected chi connectivity index (χ4v) is 23.2. The smallest absolute Gasteiger partial charge is 0.416 e. The summed E-state index contributed by atoms with van der Waals surface area (Å²) in [5, 5.41) is 9.66. The van der Waals surface area contributed by atoms with Gasteiger partial charge in [-0.15, -0.1) is 0 Å². The van der Waals surface area contributed by atoms with Crippen LogP contribution in [0.25, 0.3) is 0 Å². The van der Waals surface area contributed by atoms with Gasteiger partial charge in [0.15, 0.2) is 25.0 Å². The molecule has 1 unspecified atom stereocenters. The molecule has 170 valence electrons. The Morgan fingerprint density at radius 1 is 0.607 bits per heavy atom. The first kappa shape index (κ1) is 29.0. The Morgan fingerprint density at radius 2 is 0.964 bits per heavy atom. The molecule has 13 heteroatoms. The van der Waals surface area contributed by atoms with Gasteiger partial charge in [-0.05, 0) is 78.6 Å². The van der Waals surface area contributed by atoms with E-state index < -0.39 is 50.9 Å². The van der Waals surface area contributed by atoms with Crippen LogP contribution in [-0.4, -0.2) is 75.6 Å². The zero-order valence-electron chi connectivity index (χ0n) is 20.3. The monoisotopic (exact) mass is 504 g/mol. The Morgan fingerprint density at radius 3 is 1.21 bits per heavy atom. The van der Waals surface area contributed by atoms with Gasteiger partial charge in [0.25, 0.3) is 0 Å². The average Bonchev–Trinajstić information content (AvgIpc) is 2.39. The summed E-state index contributed by atoms with van der Waals surface area (Å²) in [6.45, 7) is 25.1. The van der Waals surface area contributed by atoms with Crippen molar-refractivity contribution in [3.63, 3.8) is 0 Å². The Balaban J connectivity index is 5.77. The summed E-state index contributed by atoms with van der Waals surface area (Å²) in [5.74, 6) is 0. The summed E-state index contributed by atoms with van der Waals surface area (Å²) in [4.78, 5) is 0. The van der Waals surface area contributed by atoms with Gasteiger partial charge in [-0.25, -0.2) is 0 Å². The quantitative estimate of drug-likeness (QED) is 0.380. The Labute approximate surface area is 179 Å². The van der Waals surface area contributed by atoms with E-state index in [1.807, 2.05) is 19.6 Å². The summed E-state index contributed by atoms with van der Waals surface area (Å²) >= 11 is 0. The molecule has 0 amide bonds. The van der Waals surface area contributed by atoms with Crippen LogP contribution in [0.1, 0.15) is 0 Å². The highest BCUT2D eigenvalue weighted by Gasteiger charge is 2.52. The molecule has 0 bridgehead atoms. The van der Waals surface area contributed by atoms with Crippen molar-refractivity contribution in [3.8, 4) is 0 Å². The largest absolute Gasteiger partial charge is 0.495 e. The van der Waals surface area contributed by atoms with Crippen molar-refractivity contribution in [2.24, 2.45) is 0 Å². The van der Waals surface area contributed by atoms with Crippen LogP contribution < -0.4 is 0 Å².